The van der Waals surface area contributed by atoms with E-state index >= 15 is 0 Å². The predicted octanol–water partition coefficient (Wildman–Crippen LogP) is 3.70. The summed E-state index contributed by atoms with van der Waals surface area (Å²) in [4.78, 5) is 25.2. The highest BCUT2D eigenvalue weighted by Gasteiger charge is 2.37. The van der Waals surface area contributed by atoms with E-state index in [4.69, 9.17) is 16.3 Å². The van der Waals surface area contributed by atoms with Gasteiger partial charge in [-0.15, -0.1) is 11.3 Å². The third-order valence-electron chi connectivity index (χ3n) is 4.86. The third kappa shape index (κ3) is 5.47. The molecule has 5 nitrogen and oxygen atoms in total. The van der Waals surface area contributed by atoms with E-state index in [2.05, 4.69) is 10.6 Å². The van der Waals surface area contributed by atoms with Gasteiger partial charge in [-0.25, -0.2) is 0 Å². The Morgan fingerprint density at radius 1 is 1.30 bits per heavy atom. The molecule has 0 spiro atoms. The van der Waals surface area contributed by atoms with E-state index in [1.165, 1.54) is 11.3 Å². The van der Waals surface area contributed by atoms with Crippen LogP contribution in [0.2, 0.25) is 4.34 Å². The van der Waals surface area contributed by atoms with Crippen LogP contribution in [0.3, 0.4) is 0 Å². The van der Waals surface area contributed by atoms with Crippen LogP contribution in [0.1, 0.15) is 36.1 Å². The van der Waals surface area contributed by atoms with E-state index < -0.39 is 0 Å². The molecular weight excluding hydrogens is 384 g/mol. The second-order valence-corrected chi connectivity index (χ2v) is 8.64. The van der Waals surface area contributed by atoms with Gasteiger partial charge in [0.1, 0.15) is 5.75 Å². The summed E-state index contributed by atoms with van der Waals surface area (Å²) in [7, 11) is 1.64. The standard InChI is InChI=1S/C20H23ClN2O3S/c1-26-15-4-2-14(3-5-15)12-20(11-9-19(25)23-20)10-8-18(24)22-13-16-6-7-17(21)27-16/h2-7H,8-13H2,1H3,(H,22,24)(H,23,25)/t20-/m0/s1. The molecule has 1 aliphatic heterocycles. The van der Waals surface area contributed by atoms with E-state index in [9.17, 15) is 9.59 Å². The first-order valence-corrected chi connectivity index (χ1v) is 10.1. The molecule has 0 unspecified atom stereocenters. The van der Waals surface area contributed by atoms with Crippen LogP contribution in [-0.4, -0.2) is 24.5 Å². The molecule has 1 aromatic heterocycles. The Labute approximate surface area is 168 Å². The Bertz CT molecular complexity index is 806. The molecule has 27 heavy (non-hydrogen) atoms. The van der Waals surface area contributed by atoms with Crippen molar-refractivity contribution >= 4 is 34.8 Å². The zero-order chi connectivity index (χ0) is 19.3. The monoisotopic (exact) mass is 406 g/mol. The van der Waals surface area contributed by atoms with Gasteiger partial charge in [-0.05, 0) is 49.1 Å². The Morgan fingerprint density at radius 2 is 2.07 bits per heavy atom. The number of carbonyl (C=O) groups is 2. The second kappa shape index (κ2) is 8.76. The third-order valence-corrected chi connectivity index (χ3v) is 6.09. The first-order chi connectivity index (χ1) is 13.0. The average molecular weight is 407 g/mol. The fourth-order valence-corrected chi connectivity index (χ4v) is 4.42. The molecular formula is C20H23ClN2O3S. The van der Waals surface area contributed by atoms with Crippen LogP contribution in [0.25, 0.3) is 0 Å². The van der Waals surface area contributed by atoms with Gasteiger partial charge in [0.25, 0.3) is 0 Å². The Hall–Kier alpha value is -2.05. The van der Waals surface area contributed by atoms with Crippen LogP contribution in [0.4, 0.5) is 0 Å². The minimum atomic E-state index is -0.366. The van der Waals surface area contributed by atoms with Crippen molar-refractivity contribution in [1.29, 1.82) is 0 Å². The number of benzene rings is 1. The quantitative estimate of drug-likeness (QED) is 0.702. The van der Waals surface area contributed by atoms with Gasteiger partial charge in [-0.2, -0.15) is 0 Å². The van der Waals surface area contributed by atoms with Crippen LogP contribution >= 0.6 is 22.9 Å². The lowest BCUT2D eigenvalue weighted by Gasteiger charge is -2.29. The highest BCUT2D eigenvalue weighted by molar-refractivity contribution is 7.16. The van der Waals surface area contributed by atoms with Gasteiger partial charge < -0.3 is 15.4 Å². The van der Waals surface area contributed by atoms with Crippen molar-refractivity contribution in [1.82, 2.24) is 10.6 Å². The Balaban J connectivity index is 1.57. The van der Waals surface area contributed by atoms with Crippen LogP contribution < -0.4 is 15.4 Å². The normalized spacial score (nSPS) is 19.0. The number of carbonyl (C=O) groups excluding carboxylic acids is 2. The summed E-state index contributed by atoms with van der Waals surface area (Å²) < 4.78 is 5.91. The van der Waals surface area contributed by atoms with Crippen molar-refractivity contribution in [2.75, 3.05) is 7.11 Å². The lowest BCUT2D eigenvalue weighted by molar-refractivity contribution is -0.122. The van der Waals surface area contributed by atoms with E-state index in [0.29, 0.717) is 36.6 Å². The van der Waals surface area contributed by atoms with Gasteiger partial charge in [-0.1, -0.05) is 23.7 Å². The molecule has 144 valence electrons. The zero-order valence-corrected chi connectivity index (χ0v) is 16.8. The van der Waals surface area contributed by atoms with E-state index in [0.717, 1.165) is 22.6 Å². The first-order valence-electron chi connectivity index (χ1n) is 8.93. The van der Waals surface area contributed by atoms with E-state index in [1.54, 1.807) is 7.11 Å². The summed E-state index contributed by atoms with van der Waals surface area (Å²) >= 11 is 7.37. The van der Waals surface area contributed by atoms with E-state index in [-0.39, 0.29) is 17.4 Å². The minimum absolute atomic E-state index is 0.0187. The minimum Gasteiger partial charge on any atom is -0.497 e. The molecule has 0 bridgehead atoms. The molecule has 0 radical (unpaired) electrons. The number of hydrogen-bond donors (Lipinski definition) is 2. The maximum atomic E-state index is 12.3. The summed E-state index contributed by atoms with van der Waals surface area (Å²) in [6.45, 7) is 0.480. The highest BCUT2D eigenvalue weighted by Crippen LogP contribution is 2.30. The summed E-state index contributed by atoms with van der Waals surface area (Å²) in [6.07, 6.45) is 2.94. The molecule has 2 N–H and O–H groups in total. The van der Waals surface area contributed by atoms with E-state index in [1.807, 2.05) is 36.4 Å². The molecule has 2 aromatic rings. The van der Waals surface area contributed by atoms with Gasteiger partial charge >= 0.3 is 0 Å². The number of thiophene rings is 1. The summed E-state index contributed by atoms with van der Waals surface area (Å²) in [5.74, 6) is 0.836. The average Bonchev–Trinajstić information content (AvgIpc) is 3.25. The SMILES string of the molecule is COc1ccc(C[C@]2(CCC(=O)NCc3ccc(Cl)s3)CCC(=O)N2)cc1. The van der Waals surface area contributed by atoms with Crippen molar-refractivity contribution in [2.45, 2.75) is 44.2 Å². The predicted molar refractivity (Wildman–Crippen MR) is 107 cm³/mol. The maximum absolute atomic E-state index is 12.3. The number of halogens is 1. The lowest BCUT2D eigenvalue weighted by Crippen LogP contribution is -2.44. The summed E-state index contributed by atoms with van der Waals surface area (Å²) in [6, 6.07) is 11.6. The molecule has 1 aliphatic rings. The molecule has 1 aromatic carbocycles. The molecule has 1 fully saturated rings. The molecule has 3 rings (SSSR count). The lowest BCUT2D eigenvalue weighted by atomic mass is 9.85. The van der Waals surface area contributed by atoms with Gasteiger partial charge in [-0.3, -0.25) is 9.59 Å². The zero-order valence-electron chi connectivity index (χ0n) is 15.2. The smallest absolute Gasteiger partial charge is 0.220 e. The molecule has 2 heterocycles. The first kappa shape index (κ1) is 19.7. The van der Waals surface area contributed by atoms with Crippen LogP contribution in [0.5, 0.6) is 5.75 Å². The largest absolute Gasteiger partial charge is 0.497 e. The number of hydrogen-bond acceptors (Lipinski definition) is 4. The summed E-state index contributed by atoms with van der Waals surface area (Å²) in [5, 5.41) is 6.04. The Kier molecular flexibility index (Phi) is 6.39. The number of rotatable bonds is 8. The molecule has 1 saturated heterocycles. The number of methoxy groups -OCH3 is 1. The highest BCUT2D eigenvalue weighted by atomic mass is 35.5. The molecule has 7 heteroatoms. The molecule has 0 aliphatic carbocycles. The second-order valence-electron chi connectivity index (χ2n) is 6.84. The van der Waals surface area contributed by atoms with Crippen LogP contribution in [0.15, 0.2) is 36.4 Å². The van der Waals surface area contributed by atoms with Crippen molar-refractivity contribution in [3.05, 3.63) is 51.2 Å². The Morgan fingerprint density at radius 3 is 2.67 bits per heavy atom. The van der Waals surface area contributed by atoms with Crippen molar-refractivity contribution in [3.63, 3.8) is 0 Å². The fraction of sp³-hybridized carbons (Fsp3) is 0.400. The van der Waals surface area contributed by atoms with Crippen molar-refractivity contribution in [3.8, 4) is 5.75 Å². The molecule has 1 atom stereocenters. The van der Waals surface area contributed by atoms with Gasteiger partial charge in [0.15, 0.2) is 0 Å². The van der Waals surface area contributed by atoms with Crippen molar-refractivity contribution in [2.24, 2.45) is 0 Å². The number of ether oxygens (including phenoxy) is 1. The van der Waals surface area contributed by atoms with Crippen LogP contribution in [0, 0.1) is 0 Å². The van der Waals surface area contributed by atoms with Crippen molar-refractivity contribution < 1.29 is 14.3 Å². The number of amides is 2. The molecule has 2 amide bonds. The summed E-state index contributed by atoms with van der Waals surface area (Å²) in [5.41, 5.74) is 0.751. The fourth-order valence-electron chi connectivity index (χ4n) is 3.39. The van der Waals surface area contributed by atoms with Gasteiger partial charge in [0, 0.05) is 23.3 Å². The molecule has 0 saturated carbocycles. The maximum Gasteiger partial charge on any atom is 0.220 e. The number of nitrogens with one attached hydrogen (secondary N) is 2. The van der Waals surface area contributed by atoms with Gasteiger partial charge in [0.05, 0.1) is 18.0 Å². The van der Waals surface area contributed by atoms with Crippen LogP contribution in [-0.2, 0) is 22.6 Å². The topological polar surface area (TPSA) is 67.4 Å². The van der Waals surface area contributed by atoms with Gasteiger partial charge in [0.2, 0.25) is 11.8 Å².